The maximum atomic E-state index is 12.6. The fourth-order valence-electron chi connectivity index (χ4n) is 3.46. The first-order chi connectivity index (χ1) is 10.6. The number of sulfonamides is 1. The lowest BCUT2D eigenvalue weighted by atomic mass is 9.99. The van der Waals surface area contributed by atoms with Crippen LogP contribution in [0.25, 0.3) is 0 Å². The lowest BCUT2D eigenvalue weighted by Gasteiger charge is -2.30. The van der Waals surface area contributed by atoms with Gasteiger partial charge in [0.2, 0.25) is 10.0 Å². The molecule has 1 aromatic carbocycles. The Kier molecular flexibility index (Phi) is 4.73. The highest BCUT2D eigenvalue weighted by molar-refractivity contribution is 7.92. The highest BCUT2D eigenvalue weighted by Crippen LogP contribution is 2.30. The number of rotatable bonds is 5. The SMILES string of the molecule is CC1CCN(CCCS(=O)(=O)N2CCc3ccccc32)CC1. The van der Waals surface area contributed by atoms with Crippen LogP contribution in [0.5, 0.6) is 0 Å². The molecule has 0 amide bonds. The molecule has 3 rings (SSSR count). The summed E-state index contributed by atoms with van der Waals surface area (Å²) in [5.74, 6) is 1.08. The molecule has 5 heteroatoms. The summed E-state index contributed by atoms with van der Waals surface area (Å²) in [5, 5.41) is 0. The van der Waals surface area contributed by atoms with Crippen molar-refractivity contribution in [2.45, 2.75) is 32.6 Å². The molecule has 4 nitrogen and oxygen atoms in total. The Hall–Kier alpha value is -1.07. The quantitative estimate of drug-likeness (QED) is 0.836. The van der Waals surface area contributed by atoms with Crippen LogP contribution in [0.3, 0.4) is 0 Å². The molecular formula is C17H26N2O2S. The molecule has 0 aliphatic carbocycles. The monoisotopic (exact) mass is 322 g/mol. The predicted molar refractivity (Wildman–Crippen MR) is 90.7 cm³/mol. The van der Waals surface area contributed by atoms with Crippen molar-refractivity contribution < 1.29 is 8.42 Å². The topological polar surface area (TPSA) is 40.6 Å². The van der Waals surface area contributed by atoms with E-state index >= 15 is 0 Å². The van der Waals surface area contributed by atoms with Gasteiger partial charge in [0.15, 0.2) is 0 Å². The number of piperidine rings is 1. The maximum Gasteiger partial charge on any atom is 0.235 e. The second-order valence-corrected chi connectivity index (χ2v) is 8.66. The van der Waals surface area contributed by atoms with Gasteiger partial charge in [-0.3, -0.25) is 4.31 Å². The highest BCUT2D eigenvalue weighted by Gasteiger charge is 2.28. The summed E-state index contributed by atoms with van der Waals surface area (Å²) in [6.45, 7) is 6.04. The predicted octanol–water partition coefficient (Wildman–Crippen LogP) is 2.50. The molecule has 0 unspecified atom stereocenters. The summed E-state index contributed by atoms with van der Waals surface area (Å²) in [6, 6.07) is 7.85. The van der Waals surface area contributed by atoms with Crippen molar-refractivity contribution in [3.05, 3.63) is 29.8 Å². The molecule has 0 spiro atoms. The molecule has 1 fully saturated rings. The van der Waals surface area contributed by atoms with Gasteiger partial charge in [-0.15, -0.1) is 0 Å². The molecular weight excluding hydrogens is 296 g/mol. The number of hydrogen-bond acceptors (Lipinski definition) is 3. The van der Waals surface area contributed by atoms with E-state index in [0.717, 1.165) is 49.6 Å². The molecule has 0 N–H and O–H groups in total. The zero-order valence-electron chi connectivity index (χ0n) is 13.4. The van der Waals surface area contributed by atoms with Crippen molar-refractivity contribution in [2.75, 3.05) is 36.2 Å². The number of benzene rings is 1. The molecule has 2 heterocycles. The zero-order valence-corrected chi connectivity index (χ0v) is 14.2. The van der Waals surface area contributed by atoms with Gasteiger partial charge in [0.05, 0.1) is 11.4 Å². The average Bonchev–Trinajstić information content (AvgIpc) is 2.94. The molecule has 122 valence electrons. The summed E-state index contributed by atoms with van der Waals surface area (Å²) < 4.78 is 26.8. The largest absolute Gasteiger partial charge is 0.303 e. The fourth-order valence-corrected chi connectivity index (χ4v) is 5.02. The van der Waals surface area contributed by atoms with E-state index in [1.807, 2.05) is 24.3 Å². The lowest BCUT2D eigenvalue weighted by Crippen LogP contribution is -2.36. The number of para-hydroxylation sites is 1. The van der Waals surface area contributed by atoms with E-state index in [1.165, 1.54) is 12.8 Å². The van der Waals surface area contributed by atoms with Crippen molar-refractivity contribution in [1.82, 2.24) is 4.90 Å². The smallest absolute Gasteiger partial charge is 0.235 e. The molecule has 2 aliphatic rings. The normalized spacial score (nSPS) is 20.3. The number of hydrogen-bond donors (Lipinski definition) is 0. The minimum absolute atomic E-state index is 0.257. The molecule has 1 saturated heterocycles. The number of fused-ring (bicyclic) bond motifs is 1. The first-order valence-corrected chi connectivity index (χ1v) is 9.98. The third-order valence-electron chi connectivity index (χ3n) is 4.93. The van der Waals surface area contributed by atoms with E-state index in [4.69, 9.17) is 0 Å². The molecule has 0 atom stereocenters. The van der Waals surface area contributed by atoms with E-state index in [1.54, 1.807) is 4.31 Å². The summed E-state index contributed by atoms with van der Waals surface area (Å²) >= 11 is 0. The van der Waals surface area contributed by atoms with Gasteiger partial charge in [-0.2, -0.15) is 0 Å². The van der Waals surface area contributed by atoms with Gasteiger partial charge >= 0.3 is 0 Å². The number of nitrogens with zero attached hydrogens (tertiary/aromatic N) is 2. The summed E-state index contributed by atoms with van der Waals surface area (Å²) in [7, 11) is -3.18. The van der Waals surface area contributed by atoms with E-state index in [-0.39, 0.29) is 5.75 Å². The van der Waals surface area contributed by atoms with Gasteiger partial charge in [-0.1, -0.05) is 25.1 Å². The van der Waals surface area contributed by atoms with Crippen molar-refractivity contribution in [1.29, 1.82) is 0 Å². The molecule has 0 aromatic heterocycles. The fraction of sp³-hybridized carbons (Fsp3) is 0.647. The van der Waals surface area contributed by atoms with Gasteiger partial charge in [0.1, 0.15) is 0 Å². The van der Waals surface area contributed by atoms with Crippen LogP contribution in [0.2, 0.25) is 0 Å². The zero-order chi connectivity index (χ0) is 15.6. The standard InChI is InChI=1S/C17H26N2O2S/c1-15-7-11-18(12-8-15)10-4-14-22(20,21)19-13-9-16-5-2-3-6-17(16)19/h2-3,5-6,15H,4,7-14H2,1H3. The Balaban J connectivity index is 1.54. The van der Waals surface area contributed by atoms with Gasteiger partial charge in [0.25, 0.3) is 0 Å². The van der Waals surface area contributed by atoms with Crippen LogP contribution in [0.15, 0.2) is 24.3 Å². The number of likely N-dealkylation sites (tertiary alicyclic amines) is 1. The number of anilines is 1. The van der Waals surface area contributed by atoms with Crippen LogP contribution in [0.1, 0.15) is 31.7 Å². The molecule has 22 heavy (non-hydrogen) atoms. The Bertz CT molecular complexity index is 607. The third-order valence-corrected chi connectivity index (χ3v) is 6.79. The summed E-state index contributed by atoms with van der Waals surface area (Å²) in [4.78, 5) is 2.41. The summed E-state index contributed by atoms with van der Waals surface area (Å²) in [6.07, 6.45) is 4.05. The van der Waals surface area contributed by atoms with Gasteiger partial charge < -0.3 is 4.90 Å². The third kappa shape index (κ3) is 3.46. The maximum absolute atomic E-state index is 12.6. The van der Waals surface area contributed by atoms with Gasteiger partial charge in [-0.25, -0.2) is 8.42 Å². The minimum atomic E-state index is -3.18. The molecule has 1 aromatic rings. The first kappa shape index (κ1) is 15.8. The Morgan fingerprint density at radius 2 is 1.86 bits per heavy atom. The van der Waals surface area contributed by atoms with Crippen molar-refractivity contribution in [2.24, 2.45) is 5.92 Å². The highest BCUT2D eigenvalue weighted by atomic mass is 32.2. The van der Waals surface area contributed by atoms with Crippen LogP contribution < -0.4 is 4.31 Å². The van der Waals surface area contributed by atoms with Crippen LogP contribution in [0.4, 0.5) is 5.69 Å². The molecule has 2 aliphatic heterocycles. The van der Waals surface area contributed by atoms with Gasteiger partial charge in [0, 0.05) is 6.54 Å². The second-order valence-electron chi connectivity index (χ2n) is 6.64. The minimum Gasteiger partial charge on any atom is -0.303 e. The Morgan fingerprint density at radius 3 is 2.64 bits per heavy atom. The van der Waals surface area contributed by atoms with Crippen LogP contribution in [0, 0.1) is 5.92 Å². The second kappa shape index (κ2) is 6.59. The van der Waals surface area contributed by atoms with E-state index in [2.05, 4.69) is 11.8 Å². The molecule has 0 bridgehead atoms. The summed E-state index contributed by atoms with van der Waals surface area (Å²) in [5.41, 5.74) is 2.03. The van der Waals surface area contributed by atoms with E-state index in [0.29, 0.717) is 6.54 Å². The Morgan fingerprint density at radius 1 is 1.14 bits per heavy atom. The molecule has 0 radical (unpaired) electrons. The van der Waals surface area contributed by atoms with Crippen LogP contribution in [-0.2, 0) is 16.4 Å². The van der Waals surface area contributed by atoms with Crippen LogP contribution in [-0.4, -0.2) is 45.2 Å². The lowest BCUT2D eigenvalue weighted by molar-refractivity contribution is 0.193. The van der Waals surface area contributed by atoms with E-state index in [9.17, 15) is 8.42 Å². The Labute approximate surface area is 134 Å². The van der Waals surface area contributed by atoms with Crippen molar-refractivity contribution >= 4 is 15.7 Å². The first-order valence-electron chi connectivity index (χ1n) is 8.37. The van der Waals surface area contributed by atoms with Gasteiger partial charge in [-0.05, 0) is 62.9 Å². The average molecular weight is 322 g/mol. The van der Waals surface area contributed by atoms with Crippen molar-refractivity contribution in [3.63, 3.8) is 0 Å². The molecule has 0 saturated carbocycles. The van der Waals surface area contributed by atoms with E-state index < -0.39 is 10.0 Å². The van der Waals surface area contributed by atoms with Crippen LogP contribution >= 0.6 is 0 Å². The van der Waals surface area contributed by atoms with Crippen molar-refractivity contribution in [3.8, 4) is 0 Å².